The number of imidazole rings is 1. The van der Waals surface area contributed by atoms with E-state index in [1.54, 1.807) is 12.5 Å². The van der Waals surface area contributed by atoms with E-state index in [1.165, 1.54) is 0 Å². The summed E-state index contributed by atoms with van der Waals surface area (Å²) >= 11 is 0. The standard InChI is InChI=1S/C15H10N2O2/c1-2-6-12-11(5-1)16-15(13-7-3-9-18-13)17(12)14-8-4-10-19-14/h1-10H. The number of hydrogen-bond donors (Lipinski definition) is 0. The van der Waals surface area contributed by atoms with Gasteiger partial charge in [-0.05, 0) is 30.3 Å². The molecule has 1 aromatic carbocycles. The van der Waals surface area contributed by atoms with Crippen LogP contribution in [-0.2, 0) is 0 Å². The third-order valence-corrected chi connectivity index (χ3v) is 3.03. The summed E-state index contributed by atoms with van der Waals surface area (Å²) in [5.74, 6) is 2.17. The molecule has 0 amide bonds. The zero-order chi connectivity index (χ0) is 12.7. The predicted octanol–water partition coefficient (Wildman–Crippen LogP) is 3.88. The summed E-state index contributed by atoms with van der Waals surface area (Å²) < 4.78 is 12.9. The molecule has 0 aliphatic carbocycles. The van der Waals surface area contributed by atoms with Gasteiger partial charge in [-0.25, -0.2) is 4.98 Å². The molecule has 92 valence electrons. The van der Waals surface area contributed by atoms with E-state index < -0.39 is 0 Å². The first-order valence-electron chi connectivity index (χ1n) is 5.99. The van der Waals surface area contributed by atoms with Gasteiger partial charge in [-0.3, -0.25) is 4.57 Å². The minimum Gasteiger partial charge on any atom is -0.461 e. The van der Waals surface area contributed by atoms with Gasteiger partial charge in [0.1, 0.15) is 0 Å². The van der Waals surface area contributed by atoms with Crippen molar-refractivity contribution in [2.75, 3.05) is 0 Å². The molecular weight excluding hydrogens is 240 g/mol. The van der Waals surface area contributed by atoms with Crippen LogP contribution in [0.3, 0.4) is 0 Å². The zero-order valence-corrected chi connectivity index (χ0v) is 9.98. The first kappa shape index (κ1) is 10.2. The Morgan fingerprint density at radius 3 is 2.47 bits per heavy atom. The van der Waals surface area contributed by atoms with Gasteiger partial charge in [0.2, 0.25) is 5.88 Å². The lowest BCUT2D eigenvalue weighted by Crippen LogP contribution is -1.94. The van der Waals surface area contributed by atoms with Gasteiger partial charge >= 0.3 is 0 Å². The van der Waals surface area contributed by atoms with Crippen molar-refractivity contribution in [1.29, 1.82) is 0 Å². The van der Waals surface area contributed by atoms with Gasteiger partial charge in [0.15, 0.2) is 11.6 Å². The predicted molar refractivity (Wildman–Crippen MR) is 71.0 cm³/mol. The molecule has 4 rings (SSSR count). The summed E-state index contributed by atoms with van der Waals surface area (Å²) in [6.45, 7) is 0. The Morgan fingerprint density at radius 2 is 1.68 bits per heavy atom. The van der Waals surface area contributed by atoms with Crippen LogP contribution in [0, 0.1) is 0 Å². The van der Waals surface area contributed by atoms with Crippen molar-refractivity contribution >= 4 is 11.0 Å². The molecule has 4 nitrogen and oxygen atoms in total. The smallest absolute Gasteiger partial charge is 0.205 e. The molecule has 0 fully saturated rings. The maximum atomic E-state index is 5.51. The van der Waals surface area contributed by atoms with Crippen molar-refractivity contribution in [1.82, 2.24) is 9.55 Å². The molecule has 0 radical (unpaired) electrons. The Kier molecular flexibility index (Phi) is 2.08. The second kappa shape index (κ2) is 3.88. The van der Waals surface area contributed by atoms with Gasteiger partial charge < -0.3 is 8.83 Å². The topological polar surface area (TPSA) is 44.1 Å². The Balaban J connectivity index is 2.10. The fourth-order valence-electron chi connectivity index (χ4n) is 2.22. The minimum absolute atomic E-state index is 0.715. The lowest BCUT2D eigenvalue weighted by atomic mass is 10.3. The fraction of sp³-hybridized carbons (Fsp3) is 0. The van der Waals surface area contributed by atoms with Crippen LogP contribution in [0.15, 0.2) is 69.9 Å². The number of nitrogens with zero attached hydrogens (tertiary/aromatic N) is 2. The monoisotopic (exact) mass is 250 g/mol. The van der Waals surface area contributed by atoms with Crippen molar-refractivity contribution < 1.29 is 8.83 Å². The second-order valence-electron chi connectivity index (χ2n) is 4.19. The fourth-order valence-corrected chi connectivity index (χ4v) is 2.22. The molecule has 0 aliphatic rings. The Morgan fingerprint density at radius 1 is 0.842 bits per heavy atom. The third kappa shape index (κ3) is 1.50. The third-order valence-electron chi connectivity index (χ3n) is 3.03. The van der Waals surface area contributed by atoms with Crippen LogP contribution in [0.2, 0.25) is 0 Å². The zero-order valence-electron chi connectivity index (χ0n) is 9.98. The number of aromatic nitrogens is 2. The molecule has 19 heavy (non-hydrogen) atoms. The molecule has 4 aromatic rings. The maximum Gasteiger partial charge on any atom is 0.205 e. The SMILES string of the molecule is c1coc(-c2nc3ccccc3n2-c2ccco2)c1. The number of para-hydroxylation sites is 2. The molecule has 0 unspecified atom stereocenters. The van der Waals surface area contributed by atoms with E-state index in [9.17, 15) is 0 Å². The van der Waals surface area contributed by atoms with Gasteiger partial charge in [-0.15, -0.1) is 0 Å². The lowest BCUT2D eigenvalue weighted by molar-refractivity contribution is 0.536. The molecule has 3 heterocycles. The largest absolute Gasteiger partial charge is 0.461 e. The van der Waals surface area contributed by atoms with E-state index in [4.69, 9.17) is 8.83 Å². The van der Waals surface area contributed by atoms with Crippen molar-refractivity contribution in [3.05, 3.63) is 61.1 Å². The second-order valence-corrected chi connectivity index (χ2v) is 4.19. The van der Waals surface area contributed by atoms with Crippen LogP contribution < -0.4 is 0 Å². The van der Waals surface area contributed by atoms with Crippen LogP contribution in [-0.4, -0.2) is 9.55 Å². The number of fused-ring (bicyclic) bond motifs is 1. The van der Waals surface area contributed by atoms with E-state index >= 15 is 0 Å². The van der Waals surface area contributed by atoms with E-state index in [-0.39, 0.29) is 0 Å². The van der Waals surface area contributed by atoms with Gasteiger partial charge in [-0.1, -0.05) is 12.1 Å². The van der Waals surface area contributed by atoms with Crippen LogP contribution in [0.25, 0.3) is 28.5 Å². The molecule has 0 atom stereocenters. The van der Waals surface area contributed by atoms with Gasteiger partial charge in [0.05, 0.1) is 23.6 Å². The average molecular weight is 250 g/mol. The van der Waals surface area contributed by atoms with Crippen LogP contribution >= 0.6 is 0 Å². The quantitative estimate of drug-likeness (QED) is 0.542. The van der Waals surface area contributed by atoms with Crippen LogP contribution in [0.4, 0.5) is 0 Å². The number of rotatable bonds is 2. The summed E-state index contributed by atoms with van der Waals surface area (Å²) in [6, 6.07) is 15.4. The van der Waals surface area contributed by atoms with E-state index in [0.29, 0.717) is 5.76 Å². The van der Waals surface area contributed by atoms with Gasteiger partial charge in [-0.2, -0.15) is 0 Å². The van der Waals surface area contributed by atoms with Gasteiger partial charge in [0, 0.05) is 6.07 Å². The van der Waals surface area contributed by atoms with Gasteiger partial charge in [0.25, 0.3) is 0 Å². The van der Waals surface area contributed by atoms with Crippen molar-refractivity contribution in [2.24, 2.45) is 0 Å². The average Bonchev–Trinajstić information content (AvgIpc) is 3.17. The molecular formula is C15H10N2O2. The van der Waals surface area contributed by atoms with Crippen LogP contribution in [0.5, 0.6) is 0 Å². The molecule has 0 saturated heterocycles. The molecule has 4 heteroatoms. The van der Waals surface area contributed by atoms with Crippen molar-refractivity contribution in [3.63, 3.8) is 0 Å². The summed E-state index contributed by atoms with van der Waals surface area (Å²) in [7, 11) is 0. The molecule has 0 bridgehead atoms. The highest BCUT2D eigenvalue weighted by atomic mass is 16.3. The summed E-state index contributed by atoms with van der Waals surface area (Å²) in [6.07, 6.45) is 3.29. The lowest BCUT2D eigenvalue weighted by Gasteiger charge is -2.03. The highest BCUT2D eigenvalue weighted by Crippen LogP contribution is 2.28. The Labute approximate surface area is 108 Å². The highest BCUT2D eigenvalue weighted by molar-refractivity contribution is 5.81. The van der Waals surface area contributed by atoms with Crippen molar-refractivity contribution in [2.45, 2.75) is 0 Å². The van der Waals surface area contributed by atoms with Crippen LogP contribution in [0.1, 0.15) is 0 Å². The maximum absolute atomic E-state index is 5.51. The normalized spacial score (nSPS) is 11.2. The van der Waals surface area contributed by atoms with E-state index in [1.807, 2.05) is 53.1 Å². The Hall–Kier alpha value is -2.75. The summed E-state index contributed by atoms with van der Waals surface area (Å²) in [5, 5.41) is 0. The summed E-state index contributed by atoms with van der Waals surface area (Å²) in [5.41, 5.74) is 1.90. The molecule has 0 aliphatic heterocycles. The molecule has 0 saturated carbocycles. The summed E-state index contributed by atoms with van der Waals surface area (Å²) in [4.78, 5) is 4.62. The number of hydrogen-bond acceptors (Lipinski definition) is 3. The van der Waals surface area contributed by atoms with Crippen molar-refractivity contribution in [3.8, 4) is 17.5 Å². The number of benzene rings is 1. The van der Waals surface area contributed by atoms with E-state index in [2.05, 4.69) is 4.98 Å². The molecule has 0 N–H and O–H groups in total. The van der Waals surface area contributed by atoms with E-state index in [0.717, 1.165) is 22.7 Å². The molecule has 0 spiro atoms. The molecule has 3 aromatic heterocycles. The number of furan rings is 2. The first-order chi connectivity index (χ1) is 9.43. The highest BCUT2D eigenvalue weighted by Gasteiger charge is 2.16. The Bertz CT molecular complexity index is 811. The minimum atomic E-state index is 0.715. The first-order valence-corrected chi connectivity index (χ1v) is 5.99.